The summed E-state index contributed by atoms with van der Waals surface area (Å²) in [5, 5.41) is 1.07. The number of thiocarbonyl (C=S) groups is 1. The highest BCUT2D eigenvalue weighted by atomic mass is 35.5. The van der Waals surface area contributed by atoms with Gasteiger partial charge in [0.2, 0.25) is 0 Å². The molecule has 3 aromatic rings. The van der Waals surface area contributed by atoms with Crippen LogP contribution in [0.4, 0.5) is 18.9 Å². The molecule has 0 saturated carbocycles. The number of furan rings is 1. The van der Waals surface area contributed by atoms with Gasteiger partial charge in [0.15, 0.2) is 5.76 Å². The third kappa shape index (κ3) is 4.84. The largest absolute Gasteiger partial charge is 0.454 e. The van der Waals surface area contributed by atoms with Gasteiger partial charge in [-0.05, 0) is 48.5 Å². The molecule has 1 fully saturated rings. The lowest BCUT2D eigenvalue weighted by molar-refractivity contribution is -0.137. The molecule has 0 N–H and O–H groups in total. The summed E-state index contributed by atoms with van der Waals surface area (Å²) in [6.07, 6.45) is -4.36. The summed E-state index contributed by atoms with van der Waals surface area (Å²) >= 11 is 17.9. The highest BCUT2D eigenvalue weighted by Gasteiger charge is 2.31. The Morgan fingerprint density at radius 3 is 2.39 bits per heavy atom. The van der Waals surface area contributed by atoms with E-state index in [1.54, 1.807) is 36.4 Å². The smallest absolute Gasteiger partial charge is 0.416 e. The van der Waals surface area contributed by atoms with Gasteiger partial charge in [0, 0.05) is 42.5 Å². The van der Waals surface area contributed by atoms with Gasteiger partial charge < -0.3 is 14.2 Å². The maximum absolute atomic E-state index is 13.0. The van der Waals surface area contributed by atoms with Crippen LogP contribution in [0.3, 0.4) is 0 Å². The molecule has 1 saturated heterocycles. The van der Waals surface area contributed by atoms with E-state index in [0.29, 0.717) is 64.0 Å². The number of nitrogens with zero attached hydrogens (tertiary/aromatic N) is 2. The predicted octanol–water partition coefficient (Wildman–Crippen LogP) is 6.77. The Kier molecular flexibility index (Phi) is 6.19. The monoisotopic (exact) mass is 484 g/mol. The molecule has 2 aromatic carbocycles. The number of hydrogen-bond acceptors (Lipinski definition) is 3. The lowest BCUT2D eigenvalue weighted by Crippen LogP contribution is -2.48. The molecular weight excluding hydrogens is 468 g/mol. The average molecular weight is 485 g/mol. The SMILES string of the molecule is FC(F)(F)c1cccc(N2CCN(C(=S)c3ccc(-c4cc(Cl)ccc4Cl)o3)CC2)c1. The van der Waals surface area contributed by atoms with Crippen LogP contribution < -0.4 is 4.90 Å². The van der Waals surface area contributed by atoms with Crippen molar-refractivity contribution in [3.05, 3.63) is 76.0 Å². The first-order valence-electron chi connectivity index (χ1n) is 9.49. The molecule has 162 valence electrons. The molecule has 2 heterocycles. The molecule has 3 nitrogen and oxygen atoms in total. The van der Waals surface area contributed by atoms with E-state index in [1.165, 1.54) is 12.1 Å². The van der Waals surface area contributed by atoms with E-state index >= 15 is 0 Å². The number of alkyl halides is 3. The molecule has 31 heavy (non-hydrogen) atoms. The molecule has 4 rings (SSSR count). The number of hydrogen-bond donors (Lipinski definition) is 0. The number of benzene rings is 2. The van der Waals surface area contributed by atoms with E-state index in [9.17, 15) is 13.2 Å². The van der Waals surface area contributed by atoms with Gasteiger partial charge in [-0.2, -0.15) is 13.2 Å². The van der Waals surface area contributed by atoms with Crippen molar-refractivity contribution in [1.29, 1.82) is 0 Å². The van der Waals surface area contributed by atoms with Gasteiger partial charge >= 0.3 is 6.18 Å². The van der Waals surface area contributed by atoms with Crippen molar-refractivity contribution in [3.8, 4) is 11.3 Å². The number of halogens is 5. The third-order valence-electron chi connectivity index (χ3n) is 5.12. The normalized spacial score (nSPS) is 14.7. The minimum Gasteiger partial charge on any atom is -0.454 e. The minimum atomic E-state index is -4.36. The summed E-state index contributed by atoms with van der Waals surface area (Å²) in [6.45, 7) is 2.25. The van der Waals surface area contributed by atoms with Crippen LogP contribution in [0.15, 0.2) is 59.0 Å². The highest BCUT2D eigenvalue weighted by Crippen LogP contribution is 2.33. The van der Waals surface area contributed by atoms with Crippen LogP contribution in [0.5, 0.6) is 0 Å². The van der Waals surface area contributed by atoms with Gasteiger partial charge in [-0.1, -0.05) is 41.5 Å². The van der Waals surface area contributed by atoms with Gasteiger partial charge in [-0.25, -0.2) is 0 Å². The zero-order chi connectivity index (χ0) is 22.2. The van der Waals surface area contributed by atoms with Crippen LogP contribution in [0.25, 0.3) is 11.3 Å². The summed E-state index contributed by atoms with van der Waals surface area (Å²) in [5.74, 6) is 1.10. The Balaban J connectivity index is 1.43. The van der Waals surface area contributed by atoms with Crippen molar-refractivity contribution < 1.29 is 17.6 Å². The van der Waals surface area contributed by atoms with Crippen LogP contribution in [-0.4, -0.2) is 36.1 Å². The van der Waals surface area contributed by atoms with Crippen molar-refractivity contribution in [2.45, 2.75) is 6.18 Å². The second kappa shape index (κ2) is 8.73. The summed E-state index contributed by atoms with van der Waals surface area (Å²) < 4.78 is 44.9. The molecule has 0 spiro atoms. The van der Waals surface area contributed by atoms with Gasteiger partial charge in [0.1, 0.15) is 10.7 Å². The molecule has 0 amide bonds. The fraction of sp³-hybridized carbons (Fsp3) is 0.227. The van der Waals surface area contributed by atoms with Crippen LogP contribution in [0.2, 0.25) is 10.0 Å². The molecule has 0 radical (unpaired) electrons. The fourth-order valence-electron chi connectivity index (χ4n) is 3.49. The van der Waals surface area contributed by atoms with Crippen molar-refractivity contribution in [2.75, 3.05) is 31.1 Å². The molecule has 0 atom stereocenters. The second-order valence-corrected chi connectivity index (χ2v) is 8.35. The van der Waals surface area contributed by atoms with E-state index in [-0.39, 0.29) is 0 Å². The van der Waals surface area contributed by atoms with Crippen LogP contribution in [0, 0.1) is 0 Å². The van der Waals surface area contributed by atoms with E-state index in [1.807, 2.05) is 9.80 Å². The standard InChI is InChI=1S/C22H17Cl2F3N2OS/c23-15-4-5-18(24)17(13-15)19-6-7-20(30-19)21(31)29-10-8-28(9-11-29)16-3-1-2-14(12-16)22(25,26)27/h1-7,12-13H,8-11H2. The zero-order valence-corrected chi connectivity index (χ0v) is 18.5. The Morgan fingerprint density at radius 2 is 1.68 bits per heavy atom. The Bertz CT molecular complexity index is 1110. The van der Waals surface area contributed by atoms with Crippen LogP contribution in [0.1, 0.15) is 11.3 Å². The molecule has 9 heteroatoms. The van der Waals surface area contributed by atoms with Crippen molar-refractivity contribution in [2.24, 2.45) is 0 Å². The number of piperazine rings is 1. The Morgan fingerprint density at radius 1 is 0.935 bits per heavy atom. The maximum Gasteiger partial charge on any atom is 0.416 e. The first-order chi connectivity index (χ1) is 14.7. The van der Waals surface area contributed by atoms with Gasteiger partial charge in [0.25, 0.3) is 0 Å². The first-order valence-corrected chi connectivity index (χ1v) is 10.7. The summed E-state index contributed by atoms with van der Waals surface area (Å²) in [5.41, 5.74) is 0.583. The number of rotatable bonds is 3. The average Bonchev–Trinajstić information content (AvgIpc) is 3.24. The van der Waals surface area contributed by atoms with Crippen LogP contribution >= 0.6 is 35.4 Å². The van der Waals surface area contributed by atoms with Gasteiger partial charge in [-0.3, -0.25) is 0 Å². The molecule has 1 aliphatic rings. The molecule has 1 aliphatic heterocycles. The summed E-state index contributed by atoms with van der Waals surface area (Å²) in [6, 6.07) is 14.1. The van der Waals surface area contributed by atoms with E-state index in [2.05, 4.69) is 0 Å². The highest BCUT2D eigenvalue weighted by molar-refractivity contribution is 7.80. The van der Waals surface area contributed by atoms with Crippen molar-refractivity contribution >= 4 is 46.1 Å². The molecule has 1 aromatic heterocycles. The first kappa shape index (κ1) is 22.0. The Hall–Kier alpha value is -2.22. The van der Waals surface area contributed by atoms with E-state index < -0.39 is 11.7 Å². The summed E-state index contributed by atoms with van der Waals surface area (Å²) in [7, 11) is 0. The summed E-state index contributed by atoms with van der Waals surface area (Å²) in [4.78, 5) is 4.46. The third-order valence-corrected chi connectivity index (χ3v) is 6.14. The topological polar surface area (TPSA) is 19.6 Å². The lowest BCUT2D eigenvalue weighted by Gasteiger charge is -2.37. The maximum atomic E-state index is 13.0. The van der Waals surface area contributed by atoms with Crippen LogP contribution in [-0.2, 0) is 6.18 Å². The van der Waals surface area contributed by atoms with Gasteiger partial charge in [-0.15, -0.1) is 0 Å². The van der Waals surface area contributed by atoms with E-state index in [0.717, 1.165) is 6.07 Å². The minimum absolute atomic E-state index is 0.519. The second-order valence-electron chi connectivity index (χ2n) is 7.12. The Labute approximate surface area is 193 Å². The predicted molar refractivity (Wildman–Crippen MR) is 121 cm³/mol. The molecule has 0 aliphatic carbocycles. The fourth-order valence-corrected chi connectivity index (χ4v) is 4.16. The quantitative estimate of drug-likeness (QED) is 0.382. The van der Waals surface area contributed by atoms with E-state index in [4.69, 9.17) is 39.8 Å². The molecule has 0 bridgehead atoms. The van der Waals surface area contributed by atoms with Gasteiger partial charge in [0.05, 0.1) is 10.6 Å². The zero-order valence-electron chi connectivity index (χ0n) is 16.1. The van der Waals surface area contributed by atoms with Crippen molar-refractivity contribution in [3.63, 3.8) is 0 Å². The van der Waals surface area contributed by atoms with Crippen molar-refractivity contribution in [1.82, 2.24) is 4.90 Å². The lowest BCUT2D eigenvalue weighted by atomic mass is 10.1. The molecular formula is C22H17Cl2F3N2OS. The number of anilines is 1. The molecule has 0 unspecified atom stereocenters.